The molecule has 0 spiro atoms. The third kappa shape index (κ3) is 10.2. The van der Waals surface area contributed by atoms with Crippen LogP contribution in [-0.4, -0.2) is 28.8 Å². The van der Waals surface area contributed by atoms with Crippen LogP contribution in [0.5, 0.6) is 0 Å². The van der Waals surface area contributed by atoms with E-state index < -0.39 is 20.4 Å². The molecule has 0 radical (unpaired) electrons. The Morgan fingerprint density at radius 2 is 1.84 bits per heavy atom. The molecule has 0 aliphatic rings. The third-order valence-corrected chi connectivity index (χ3v) is 2.92. The maximum atomic E-state index is 10.4. The molecule has 0 aromatic heterocycles. The van der Waals surface area contributed by atoms with Gasteiger partial charge in [0, 0.05) is 4.57 Å². The molecule has 0 saturated heterocycles. The van der Waals surface area contributed by atoms with E-state index in [0.29, 0.717) is 0 Å². The second-order valence-corrected chi connectivity index (χ2v) is 7.51. The van der Waals surface area contributed by atoms with Gasteiger partial charge in [-0.05, 0) is 17.3 Å². The highest BCUT2D eigenvalue weighted by atomic mass is 31.1. The number of rotatable bonds is 7. The van der Waals surface area contributed by atoms with Gasteiger partial charge in [-0.25, -0.2) is 0 Å². The summed E-state index contributed by atoms with van der Waals surface area (Å²) in [7, 11) is -2.67. The van der Waals surface area contributed by atoms with Crippen LogP contribution in [0.4, 0.5) is 0 Å². The van der Waals surface area contributed by atoms with Crippen LogP contribution in [0.1, 0.15) is 41.0 Å². The quantitative estimate of drug-likeness (QED) is 0.495. The maximum Gasteiger partial charge on any atom is 0.694 e. The first kappa shape index (κ1) is 18.7. The molecule has 6 heteroatoms. The van der Waals surface area contributed by atoms with E-state index in [-0.39, 0.29) is 17.4 Å². The molecule has 0 saturated carbocycles. The normalized spacial score (nSPS) is 17.6. The van der Waals surface area contributed by atoms with E-state index in [0.717, 1.165) is 6.42 Å². The van der Waals surface area contributed by atoms with Crippen molar-refractivity contribution in [2.75, 3.05) is 6.61 Å². The highest BCUT2D eigenvalue weighted by Crippen LogP contribution is 2.34. The minimum Gasteiger partial charge on any atom is -0.387 e. The fourth-order valence-electron chi connectivity index (χ4n) is 2.18. The van der Waals surface area contributed by atoms with Crippen molar-refractivity contribution >= 4 is 8.25 Å². The van der Waals surface area contributed by atoms with Crippen molar-refractivity contribution in [2.24, 2.45) is 16.6 Å². The Labute approximate surface area is 116 Å². The predicted molar refractivity (Wildman–Crippen MR) is 76.8 cm³/mol. The number of hydrogen-bond donors (Lipinski definition) is 3. The van der Waals surface area contributed by atoms with Crippen LogP contribution >= 0.6 is 8.25 Å². The summed E-state index contributed by atoms with van der Waals surface area (Å²) in [6.07, 6.45) is 3.64. The smallest absolute Gasteiger partial charge is 0.387 e. The number of hydrogen-bond acceptors (Lipinski definition) is 4. The van der Waals surface area contributed by atoms with Crippen LogP contribution in [0.25, 0.3) is 0 Å². The lowest BCUT2D eigenvalue weighted by Crippen LogP contribution is -2.37. The Morgan fingerprint density at radius 3 is 2.26 bits per heavy atom. The van der Waals surface area contributed by atoms with Crippen LogP contribution in [0.2, 0.25) is 0 Å². The molecule has 3 atom stereocenters. The summed E-state index contributed by atoms with van der Waals surface area (Å²) in [6, 6.07) is -0.715. The van der Waals surface area contributed by atoms with E-state index in [4.69, 9.17) is 10.6 Å². The summed E-state index contributed by atoms with van der Waals surface area (Å²) in [5.41, 5.74) is 5.80. The minimum absolute atomic E-state index is 0.0536. The summed E-state index contributed by atoms with van der Waals surface area (Å²) in [5.74, 6) is 0. The van der Waals surface area contributed by atoms with Gasteiger partial charge in [0.15, 0.2) is 0 Å². The molecule has 0 fully saturated rings. The number of allylic oxidation sites excluding steroid dienone is 1. The van der Waals surface area contributed by atoms with E-state index in [2.05, 4.69) is 39.1 Å². The number of aliphatic hydroxyl groups excluding tert-OH is 1. The summed E-state index contributed by atoms with van der Waals surface area (Å²) >= 11 is 0. The van der Waals surface area contributed by atoms with Crippen molar-refractivity contribution in [3.8, 4) is 0 Å². The van der Waals surface area contributed by atoms with Crippen LogP contribution < -0.4 is 5.73 Å². The highest BCUT2D eigenvalue weighted by Gasteiger charge is 2.24. The zero-order valence-corrected chi connectivity index (χ0v) is 13.4. The molecule has 0 rings (SSSR count). The topological polar surface area (TPSA) is 92.8 Å². The first-order chi connectivity index (χ1) is 8.43. The predicted octanol–water partition coefficient (Wildman–Crippen LogP) is 2.36. The fourth-order valence-corrected chi connectivity index (χ4v) is 2.48. The van der Waals surface area contributed by atoms with Crippen LogP contribution in [-0.2, 0) is 9.09 Å². The van der Waals surface area contributed by atoms with Crippen molar-refractivity contribution in [3.63, 3.8) is 0 Å². The molecule has 0 amide bonds. The van der Waals surface area contributed by atoms with Crippen LogP contribution in [0, 0.1) is 10.8 Å². The van der Waals surface area contributed by atoms with E-state index in [9.17, 15) is 9.67 Å². The van der Waals surface area contributed by atoms with Gasteiger partial charge in [-0.2, -0.15) is 0 Å². The van der Waals surface area contributed by atoms with E-state index >= 15 is 0 Å². The SMILES string of the molecule is CC(C)(C)CC(C)(C)/C=C/[C@@H](O)[C@@H](N)CO[P+](=O)O. The highest BCUT2D eigenvalue weighted by molar-refractivity contribution is 7.32. The zero-order chi connectivity index (χ0) is 15.3. The molecule has 0 aromatic carbocycles. The summed E-state index contributed by atoms with van der Waals surface area (Å²) in [6.45, 7) is 10.5. The lowest BCUT2D eigenvalue weighted by Gasteiger charge is -2.30. The second-order valence-electron chi connectivity index (χ2n) is 6.77. The van der Waals surface area contributed by atoms with E-state index in [1.54, 1.807) is 6.08 Å². The Hall–Kier alpha value is -0.320. The van der Waals surface area contributed by atoms with Crippen molar-refractivity contribution in [3.05, 3.63) is 12.2 Å². The Balaban J connectivity index is 4.40. The van der Waals surface area contributed by atoms with E-state index in [1.807, 2.05) is 6.08 Å². The minimum atomic E-state index is -2.67. The fraction of sp³-hybridized carbons (Fsp3) is 0.846. The van der Waals surface area contributed by atoms with Gasteiger partial charge in [-0.15, -0.1) is 9.42 Å². The molecular formula is C13H27NO4P+. The van der Waals surface area contributed by atoms with Crippen molar-refractivity contribution in [2.45, 2.75) is 53.2 Å². The largest absolute Gasteiger partial charge is 0.694 e. The van der Waals surface area contributed by atoms with Gasteiger partial charge < -0.3 is 10.8 Å². The summed E-state index contributed by atoms with van der Waals surface area (Å²) in [5, 5.41) is 9.82. The maximum absolute atomic E-state index is 10.4. The monoisotopic (exact) mass is 292 g/mol. The first-order valence-corrected chi connectivity index (χ1v) is 7.48. The molecule has 112 valence electrons. The van der Waals surface area contributed by atoms with Crippen molar-refractivity contribution in [1.29, 1.82) is 0 Å². The zero-order valence-electron chi connectivity index (χ0n) is 12.5. The van der Waals surface area contributed by atoms with Gasteiger partial charge in [-0.3, -0.25) is 0 Å². The van der Waals surface area contributed by atoms with Crippen LogP contribution in [0.15, 0.2) is 12.2 Å². The Bertz CT molecular complexity index is 323. The molecule has 0 heterocycles. The number of nitrogens with two attached hydrogens (primary N) is 1. The molecule has 5 nitrogen and oxygen atoms in total. The summed E-state index contributed by atoms with van der Waals surface area (Å²) in [4.78, 5) is 8.50. The second kappa shape index (κ2) is 7.46. The van der Waals surface area contributed by atoms with Crippen molar-refractivity contribution in [1.82, 2.24) is 0 Å². The number of aliphatic hydroxyl groups is 1. The average Bonchev–Trinajstić information content (AvgIpc) is 2.19. The van der Waals surface area contributed by atoms with E-state index in [1.165, 1.54) is 0 Å². The molecule has 0 aromatic rings. The van der Waals surface area contributed by atoms with Gasteiger partial charge in [0.05, 0.1) is 12.1 Å². The van der Waals surface area contributed by atoms with Gasteiger partial charge >= 0.3 is 8.25 Å². The molecule has 1 unspecified atom stereocenters. The molecule has 0 aliphatic heterocycles. The molecule has 0 bridgehead atoms. The molecule has 0 aliphatic carbocycles. The molecule has 4 N–H and O–H groups in total. The van der Waals surface area contributed by atoms with Crippen LogP contribution in [0.3, 0.4) is 0 Å². The van der Waals surface area contributed by atoms with Gasteiger partial charge in [0.25, 0.3) is 0 Å². The van der Waals surface area contributed by atoms with Gasteiger partial charge in [0.1, 0.15) is 6.61 Å². The van der Waals surface area contributed by atoms with Gasteiger partial charge in [0.2, 0.25) is 0 Å². The van der Waals surface area contributed by atoms with Gasteiger partial charge in [-0.1, -0.05) is 46.8 Å². The lowest BCUT2D eigenvalue weighted by molar-refractivity contribution is 0.148. The van der Waals surface area contributed by atoms with Crippen molar-refractivity contribution < 1.29 is 19.1 Å². The molecule has 19 heavy (non-hydrogen) atoms. The third-order valence-electron chi connectivity index (χ3n) is 2.55. The molecular weight excluding hydrogens is 265 g/mol. The lowest BCUT2D eigenvalue weighted by atomic mass is 9.76. The first-order valence-electron chi connectivity index (χ1n) is 6.35. The average molecular weight is 292 g/mol. The summed E-state index contributed by atoms with van der Waals surface area (Å²) < 4.78 is 14.9. The standard InChI is InChI=1S/C13H26NO4P/c1-12(2,3)9-13(4,5)7-6-11(15)10(14)8-18-19(16)17/h6-7,10-11,15H,8-9,14H2,1-5H3/p+1/b7-6+/t10-,11+/m0/s1. The Kier molecular flexibility index (Phi) is 7.33. The Morgan fingerprint density at radius 1 is 1.32 bits per heavy atom.